The van der Waals surface area contributed by atoms with Crippen molar-refractivity contribution >= 4 is 42.2 Å². The van der Waals surface area contributed by atoms with Crippen LogP contribution in [0.4, 0.5) is 0 Å². The normalized spacial score (nSPS) is 13.0. The predicted molar refractivity (Wildman–Crippen MR) is 89.9 cm³/mol. The molecule has 3 rings (SSSR count). The number of allylic oxidation sites excluding steroid dienone is 1. The Morgan fingerprint density at radius 3 is 2.95 bits per heavy atom. The largest absolute Gasteiger partial charge is 0.403 e. The van der Waals surface area contributed by atoms with Crippen molar-refractivity contribution in [3.05, 3.63) is 59.5 Å². The number of aromatic amines is 1. The molecule has 0 amide bonds. The number of aromatic nitrogens is 3. The van der Waals surface area contributed by atoms with E-state index in [1.807, 2.05) is 32.3 Å². The molecule has 0 saturated carbocycles. The van der Waals surface area contributed by atoms with E-state index in [9.17, 15) is 0 Å². The van der Waals surface area contributed by atoms with Crippen molar-refractivity contribution in [3.63, 3.8) is 0 Å². The highest BCUT2D eigenvalue weighted by molar-refractivity contribution is 6.32. The summed E-state index contributed by atoms with van der Waals surface area (Å²) in [6.07, 6.45) is 8.94. The van der Waals surface area contributed by atoms with Gasteiger partial charge in [-0.1, -0.05) is 24.2 Å². The van der Waals surface area contributed by atoms with Crippen molar-refractivity contribution in [3.8, 4) is 0 Å². The number of hydrogen-bond donors (Lipinski definition) is 2. The lowest BCUT2D eigenvalue weighted by Crippen LogP contribution is -2.24. The number of nitrogens with two attached hydrogens (primary N) is 1. The Kier molecular flexibility index (Phi) is 3.32. The van der Waals surface area contributed by atoms with Crippen LogP contribution in [-0.4, -0.2) is 22.8 Å². The highest BCUT2D eigenvalue weighted by atomic mass is 14.8. The number of nitrogens with one attached hydrogen (secondary N) is 1. The number of H-pyrrole nitrogens is 1. The Balaban J connectivity index is 2.26. The summed E-state index contributed by atoms with van der Waals surface area (Å²) in [4.78, 5) is 11.7. The van der Waals surface area contributed by atoms with E-state index in [0.29, 0.717) is 0 Å². The predicted octanol–water partition coefficient (Wildman–Crippen LogP) is -0.593. The number of fused-ring (bicyclic) bond motifs is 1. The number of hydrogen-bond acceptors (Lipinski definition) is 3. The van der Waals surface area contributed by atoms with Crippen LogP contribution in [0, 0.1) is 0 Å². The van der Waals surface area contributed by atoms with E-state index in [0.717, 1.165) is 38.2 Å². The second kappa shape index (κ2) is 5.29. The number of pyridine rings is 2. The molecule has 0 saturated heterocycles. The smallest absolute Gasteiger partial charge is 0.141 e. The minimum absolute atomic E-state index is 0.822. The van der Waals surface area contributed by atoms with Crippen molar-refractivity contribution < 1.29 is 0 Å². The summed E-state index contributed by atoms with van der Waals surface area (Å²) in [6.45, 7) is 4.12. The van der Waals surface area contributed by atoms with Gasteiger partial charge in [0.2, 0.25) is 0 Å². The summed E-state index contributed by atoms with van der Waals surface area (Å²) in [5.41, 5.74) is 9.51. The van der Waals surface area contributed by atoms with Crippen molar-refractivity contribution in [2.75, 3.05) is 0 Å². The van der Waals surface area contributed by atoms with Crippen molar-refractivity contribution in [1.82, 2.24) is 15.0 Å². The van der Waals surface area contributed by atoms with Crippen molar-refractivity contribution in [2.24, 2.45) is 5.73 Å². The first kappa shape index (κ1) is 13.2. The van der Waals surface area contributed by atoms with Crippen LogP contribution in [0.15, 0.2) is 43.4 Å². The van der Waals surface area contributed by atoms with Gasteiger partial charge in [-0.15, -0.1) is 0 Å². The van der Waals surface area contributed by atoms with Crippen LogP contribution in [0.25, 0.3) is 28.9 Å². The number of nitrogens with zero attached hydrogens (tertiary/aromatic N) is 2. The molecule has 21 heavy (non-hydrogen) atoms. The Morgan fingerprint density at radius 1 is 1.38 bits per heavy atom. The van der Waals surface area contributed by atoms with Gasteiger partial charge in [-0.05, 0) is 23.3 Å². The van der Waals surface area contributed by atoms with Gasteiger partial charge in [0, 0.05) is 35.4 Å². The van der Waals surface area contributed by atoms with E-state index >= 15 is 0 Å². The van der Waals surface area contributed by atoms with Gasteiger partial charge in [0.05, 0.1) is 5.35 Å². The Morgan fingerprint density at radius 2 is 2.24 bits per heavy atom. The molecule has 0 aliphatic heterocycles. The maximum absolute atomic E-state index is 5.72. The third-order valence-electron chi connectivity index (χ3n) is 3.38. The molecule has 0 spiro atoms. The van der Waals surface area contributed by atoms with Crippen LogP contribution < -0.4 is 21.8 Å². The Bertz CT molecular complexity index is 926. The molecule has 0 aliphatic carbocycles. The first-order chi connectivity index (χ1) is 10.2. The van der Waals surface area contributed by atoms with E-state index in [1.165, 1.54) is 0 Å². The van der Waals surface area contributed by atoms with Crippen molar-refractivity contribution in [1.29, 1.82) is 0 Å². The van der Waals surface area contributed by atoms with Crippen LogP contribution in [0.2, 0.25) is 0 Å². The molecule has 3 aromatic rings. The monoisotopic (exact) mass is 274 g/mol. The highest BCUT2D eigenvalue weighted by Crippen LogP contribution is 2.11. The van der Waals surface area contributed by atoms with E-state index in [-0.39, 0.29) is 0 Å². The van der Waals surface area contributed by atoms with Gasteiger partial charge in [0.15, 0.2) is 0 Å². The molecule has 3 N–H and O–H groups in total. The van der Waals surface area contributed by atoms with Gasteiger partial charge in [-0.3, -0.25) is 4.98 Å². The van der Waals surface area contributed by atoms with E-state index in [2.05, 4.69) is 27.6 Å². The summed E-state index contributed by atoms with van der Waals surface area (Å²) < 4.78 is 0. The fourth-order valence-electron chi connectivity index (χ4n) is 2.31. The average molecular weight is 274 g/mol. The topological polar surface area (TPSA) is 67.6 Å². The molecular weight excluding hydrogens is 259 g/mol. The van der Waals surface area contributed by atoms with Crippen LogP contribution >= 0.6 is 0 Å². The summed E-state index contributed by atoms with van der Waals surface area (Å²) in [6, 6.07) is 5.97. The fourth-order valence-corrected chi connectivity index (χ4v) is 2.31. The first-order valence-corrected chi connectivity index (χ1v) is 6.66. The van der Waals surface area contributed by atoms with Crippen LogP contribution in [0.1, 0.15) is 5.56 Å². The number of rotatable bonds is 2. The molecule has 0 unspecified atom stereocenters. The van der Waals surface area contributed by atoms with Crippen LogP contribution in [0.3, 0.4) is 0 Å². The minimum atomic E-state index is 0.822. The molecule has 0 atom stereocenters. The lowest BCUT2D eigenvalue weighted by atomic mass is 9.97. The lowest BCUT2D eigenvalue weighted by Gasteiger charge is -1.98. The molecular formula is C16H15BN4. The van der Waals surface area contributed by atoms with E-state index in [4.69, 9.17) is 5.73 Å². The maximum Gasteiger partial charge on any atom is 0.141 e. The summed E-state index contributed by atoms with van der Waals surface area (Å²) in [7, 11) is 2.02. The second-order valence-corrected chi connectivity index (χ2v) is 4.94. The van der Waals surface area contributed by atoms with Gasteiger partial charge >= 0.3 is 0 Å². The zero-order valence-electron chi connectivity index (χ0n) is 11.8. The average Bonchev–Trinajstić information content (AvgIpc) is 2.85. The summed E-state index contributed by atoms with van der Waals surface area (Å²) in [5, 5.41) is 2.88. The minimum Gasteiger partial charge on any atom is -0.403 e. The zero-order valence-corrected chi connectivity index (χ0v) is 11.8. The van der Waals surface area contributed by atoms with Gasteiger partial charge < -0.3 is 10.7 Å². The van der Waals surface area contributed by atoms with Crippen LogP contribution in [0.5, 0.6) is 0 Å². The standard InChI is InChI=1S/C16H15BN4/c1-10(11-3-2-4-19-8-11)5-13-14-6-12(17)9-20-16(14)21-15(13)7-18/h2-9H,1,17-18H2,(H,20,21)/b13-5-,15-7+. The molecule has 0 bridgehead atoms. The molecule has 3 aromatic heterocycles. The third-order valence-corrected chi connectivity index (χ3v) is 3.38. The van der Waals surface area contributed by atoms with E-state index in [1.54, 1.807) is 18.6 Å². The van der Waals surface area contributed by atoms with Gasteiger partial charge in [-0.2, -0.15) is 0 Å². The molecule has 0 radical (unpaired) electrons. The zero-order chi connectivity index (χ0) is 14.8. The molecule has 0 aromatic carbocycles. The molecule has 4 nitrogen and oxygen atoms in total. The lowest BCUT2D eigenvalue weighted by molar-refractivity contribution is 1.28. The quantitative estimate of drug-likeness (QED) is 0.614. The first-order valence-electron chi connectivity index (χ1n) is 6.66. The maximum atomic E-state index is 5.72. The van der Waals surface area contributed by atoms with Crippen LogP contribution in [-0.2, 0) is 0 Å². The molecule has 5 heteroatoms. The third kappa shape index (κ3) is 2.45. The van der Waals surface area contributed by atoms with Gasteiger partial charge in [0.1, 0.15) is 13.5 Å². The van der Waals surface area contributed by atoms with Crippen molar-refractivity contribution in [2.45, 2.75) is 0 Å². The molecule has 0 aliphatic rings. The van der Waals surface area contributed by atoms with E-state index < -0.39 is 0 Å². The molecule has 0 fully saturated rings. The second-order valence-electron chi connectivity index (χ2n) is 4.94. The highest BCUT2D eigenvalue weighted by Gasteiger charge is 2.03. The van der Waals surface area contributed by atoms with Gasteiger partial charge in [-0.25, -0.2) is 4.98 Å². The Labute approximate surface area is 123 Å². The Hall–Kier alpha value is -2.82. The van der Waals surface area contributed by atoms with Gasteiger partial charge in [0.25, 0.3) is 0 Å². The summed E-state index contributed by atoms with van der Waals surface area (Å²) >= 11 is 0. The summed E-state index contributed by atoms with van der Waals surface area (Å²) in [5.74, 6) is 0. The molecule has 102 valence electrons. The molecule has 3 heterocycles. The SMILES string of the molecule is Bc1cnc2[nH]c(=C/N)/c(=C\C(=C)c3cccnc3)c2c1. The fraction of sp³-hybridized carbons (Fsp3) is 0.